The van der Waals surface area contributed by atoms with E-state index in [1.54, 1.807) is 107 Å². The molecule has 0 amide bonds. The first-order valence-corrected chi connectivity index (χ1v) is 60.0. The number of hydrogen-bond acceptors (Lipinski definition) is 31. The molecule has 0 aliphatic heterocycles. The van der Waals surface area contributed by atoms with Crippen LogP contribution in [-0.4, -0.2) is 447 Å². The predicted octanol–water partition coefficient (Wildman–Crippen LogP) is 11.8. The van der Waals surface area contributed by atoms with Crippen LogP contribution in [0, 0.1) is 39.9 Å². The van der Waals surface area contributed by atoms with E-state index in [9.17, 15) is 47.9 Å². The van der Waals surface area contributed by atoms with Gasteiger partial charge in [0.1, 0.15) is 0 Å². The molecule has 0 bridgehead atoms. The maximum absolute atomic E-state index is 11.8. The summed E-state index contributed by atoms with van der Waals surface area (Å²) in [4.78, 5) is 114. The monoisotopic (exact) mass is 2960 g/mol. The third-order valence-corrected chi connectivity index (χ3v) is 27.5. The molecule has 0 N–H and O–H groups in total. The maximum atomic E-state index is 11.8. The van der Waals surface area contributed by atoms with Crippen LogP contribution in [0.3, 0.4) is 0 Å². The molecule has 0 fully saturated rings. The van der Waals surface area contributed by atoms with Gasteiger partial charge in [-0.1, -0.05) is 0 Å². The molecule has 136 heavy (non-hydrogen) atoms. The second-order valence-electron chi connectivity index (χ2n) is 33.7. The van der Waals surface area contributed by atoms with Gasteiger partial charge in [0.05, 0.1) is 0 Å². The number of methoxy groups -OCH3 is 10. The summed E-state index contributed by atoms with van der Waals surface area (Å²) >= 11 is 4.66. The van der Waals surface area contributed by atoms with E-state index in [1.165, 1.54) is 31.4 Å². The van der Waals surface area contributed by atoms with E-state index >= 15 is 0 Å². The third kappa shape index (κ3) is 82.2. The second-order valence-corrected chi connectivity index (χ2v) is 41.5. The van der Waals surface area contributed by atoms with E-state index in [0.717, 1.165) is 65.1 Å². The molecule has 0 saturated heterocycles. The fourth-order valence-electron chi connectivity index (χ4n) is 8.06. The topological polar surface area (TPSA) is 365 Å². The molecule has 0 saturated carbocycles. The minimum atomic E-state index is -0.436. The van der Waals surface area contributed by atoms with Gasteiger partial charge in [-0.15, -0.1) is 0 Å². The van der Waals surface area contributed by atoms with E-state index in [4.69, 9.17) is 81.1 Å². The number of rotatable bonds is 52. The average Bonchev–Trinajstić information content (AvgIpc) is 0.892. The molecule has 0 heterocycles. The van der Waals surface area contributed by atoms with Crippen molar-refractivity contribution in [2.75, 3.05) is 77.7 Å². The van der Waals surface area contributed by atoms with Gasteiger partial charge in [-0.05, 0) is 0 Å². The summed E-state index contributed by atoms with van der Waals surface area (Å²) in [6.45, 7) is 58.9. The molecule has 0 aromatic carbocycles. The number of ketones is 10. The van der Waals surface area contributed by atoms with Gasteiger partial charge >= 0.3 is 981 Å². The zero-order valence-corrected chi connectivity index (χ0v) is 128. The number of allylic oxidation sites excluding steroid dienone is 9. The molecule has 766 valence electrons. The van der Waals surface area contributed by atoms with Crippen molar-refractivity contribution in [3.8, 4) is 0 Å². The average molecular weight is 2960 g/mol. The molecule has 0 aliphatic carbocycles. The zero-order valence-electron chi connectivity index (χ0n) is 90.5. The first-order valence-electron chi connectivity index (χ1n) is 44.5. The van der Waals surface area contributed by atoms with Gasteiger partial charge in [-0.2, -0.15) is 0 Å². The van der Waals surface area contributed by atoms with E-state index in [2.05, 4.69) is 0 Å². The first-order chi connectivity index (χ1) is 63.0. The van der Waals surface area contributed by atoms with Crippen molar-refractivity contribution < 1.29 is 129 Å². The first kappa shape index (κ1) is 156. The number of hydrogen-bond donors (Lipinski definition) is 0. The molecular formula is C95H168In8O31Sn2. The Labute approximate surface area is 968 Å². The summed E-state index contributed by atoms with van der Waals surface area (Å²) in [5.41, 5.74) is -1.09. The van der Waals surface area contributed by atoms with Crippen LogP contribution < -0.4 is 0 Å². The predicted molar refractivity (Wildman–Crippen MR) is 548 cm³/mol. The Bertz CT molecular complexity index is 3530. The third-order valence-electron chi connectivity index (χ3n) is 18.6. The van der Waals surface area contributed by atoms with Gasteiger partial charge in [0.15, 0.2) is 0 Å². The Morgan fingerprint density at radius 1 is 0.257 bits per heavy atom. The zero-order chi connectivity index (χ0) is 109. The molecule has 41 heteroatoms. The van der Waals surface area contributed by atoms with Crippen LogP contribution in [0.25, 0.3) is 0 Å². The van der Waals surface area contributed by atoms with Gasteiger partial charge in [-0.25, -0.2) is 0 Å². The quantitative estimate of drug-likeness (QED) is 0.0310. The molecule has 11 unspecified atom stereocenters. The fraction of sp³-hybridized carbons (Fsp3) is 0.684. The standard InChI is InChI=1S/C11H20O3.4C10H18O3.C9H16O4.3C9H16O3.C8H14O3.8In.2Sn.8H/c1-6-9(14-5)8(12)7-10(13)11(2,3)4;2*1-7(13-5)8(11)6-9(12)10(2,3)4;1-5-10(13-4)9(12)6-8(11)7(2)3;1-5-13-8(4)10(12)6-9(11)7(2)3;1-6(12-3)8(10)5-9(11)7(2)13-4;2*1-6(2)8(10)5-9(11)7(3)12-4;1-4-5-8(10)6-9(11)7(2)12-3;1-4-7(9)5-8(10)6(2)11-3;;;;;;;;;;;;;;;;;;/h7,9,12H,6H2,1-5H3;2*6-7,11H,1-5H3;6-7,10,12H,5H2,1-4H3;6-8,12H,5H2,1-4H3;5-7,10H,1-4H3;2*5-7,11H,1-4H3;6-7,11H,4-5H2,1-3H3;5-6,10H,4H2,1-3H3;;;;;;;;;;;;;;;;;;/q;;;;;;;;;;10*+1;;;;;;;;/p-10. The molecule has 0 aromatic rings. The molecule has 0 rings (SSSR count). The van der Waals surface area contributed by atoms with E-state index in [1.807, 2.05) is 208 Å². The van der Waals surface area contributed by atoms with Crippen molar-refractivity contribution in [1.82, 2.24) is 0 Å². The minimum absolute atomic E-state index is 0.00464. The summed E-state index contributed by atoms with van der Waals surface area (Å²) in [5.74, 6) is 7.07. The van der Waals surface area contributed by atoms with Gasteiger partial charge in [0.25, 0.3) is 0 Å². The van der Waals surface area contributed by atoms with Crippen molar-refractivity contribution in [2.24, 2.45) is 39.9 Å². The van der Waals surface area contributed by atoms with Crippen molar-refractivity contribution in [3.63, 3.8) is 0 Å². The Hall–Kier alpha value is 0.218. The molecular weight excluding hydrogens is 2790 g/mol. The molecule has 0 spiro atoms. The second kappa shape index (κ2) is 94.9. The van der Waals surface area contributed by atoms with Crippen LogP contribution in [0.4, 0.5) is 0 Å². The Morgan fingerprint density at radius 2 is 0.456 bits per heavy atom. The van der Waals surface area contributed by atoms with Crippen LogP contribution in [0.2, 0.25) is 0 Å². The fourth-order valence-corrected chi connectivity index (χ4v) is 16.3. The van der Waals surface area contributed by atoms with Crippen molar-refractivity contribution >= 4 is 302 Å². The molecule has 11 atom stereocenters. The Balaban J connectivity index is -0.000000162. The van der Waals surface area contributed by atoms with E-state index in [-0.39, 0.29) is 159 Å². The summed E-state index contributed by atoms with van der Waals surface area (Å²) in [7, 11) is 15.9. The van der Waals surface area contributed by atoms with Gasteiger partial charge in [-0.3, -0.25) is 0 Å². The van der Waals surface area contributed by atoms with Crippen molar-refractivity contribution in [3.05, 3.63) is 118 Å². The van der Waals surface area contributed by atoms with Gasteiger partial charge in [0.2, 0.25) is 0 Å². The summed E-state index contributed by atoms with van der Waals surface area (Å²) in [6, 6.07) is 0. The van der Waals surface area contributed by atoms with Crippen LogP contribution in [0.5, 0.6) is 0 Å². The van der Waals surface area contributed by atoms with Crippen LogP contribution in [0.15, 0.2) is 118 Å². The normalized spacial score (nSPS) is 14.7. The van der Waals surface area contributed by atoms with Crippen molar-refractivity contribution in [2.45, 2.75) is 314 Å². The van der Waals surface area contributed by atoms with E-state index < -0.39 is 6.10 Å². The van der Waals surface area contributed by atoms with Crippen LogP contribution in [0.1, 0.15) is 247 Å². The molecule has 0 aromatic heterocycles. The summed E-state index contributed by atoms with van der Waals surface area (Å²) in [6.07, 6.45) is 17.2. The Kier molecular flexibility index (Phi) is 109. The van der Waals surface area contributed by atoms with Gasteiger partial charge < -0.3 is 0 Å². The van der Waals surface area contributed by atoms with Crippen molar-refractivity contribution in [1.29, 1.82) is 0 Å². The van der Waals surface area contributed by atoms with E-state index in [0.29, 0.717) is 276 Å². The van der Waals surface area contributed by atoms with Gasteiger partial charge in [0, 0.05) is 0 Å². The Morgan fingerprint density at radius 3 is 0.669 bits per heavy atom. The molecule has 0 aliphatic rings. The number of ether oxygens (including phenoxy) is 11. The number of carbonyl (C=O) groups excluding carboxylic acids is 10. The summed E-state index contributed by atoms with van der Waals surface area (Å²) < 4.78 is 108. The molecule has 14 radical (unpaired) electrons. The van der Waals surface area contributed by atoms with Crippen LogP contribution in [-0.2, 0) is 129 Å². The SMILES string of the molecule is CCC(=O)C=C([O][InH])C(C)OC.CCC(OC)C(=CC(=O)C(C)(C)C)[O][InH].CCC(OC)C(=CC(=O)C(C)C)[O][InH].CCCC(=O)C=C([O][InH])C(C)OC.CCOC(C)C(=CC(=O)C(C)C)[O][InH].COC(C)C(=CC(=O)C(C)(C)C)[O][InH].COC(C)C(=CC(=O)C(C)(C)C)[O][Sn].COC(C)C(=CC(=O)C(C)C)[O][InH].COC(C)C(=CC(=O)C(C)C)[O][Sn].COC(C)C(=O)C=C([O][InH])C(C)OC. The molecule has 31 nitrogen and oxygen atoms in total. The summed E-state index contributed by atoms with van der Waals surface area (Å²) in [5, 5.41) is 0. The van der Waals surface area contributed by atoms with Crippen LogP contribution >= 0.6 is 0 Å². The number of carbonyl (C=O) groups is 10.